The molecule has 0 amide bonds. The van der Waals surface area contributed by atoms with Crippen molar-refractivity contribution in [3.63, 3.8) is 0 Å². The molecule has 0 spiro atoms. The molecule has 1 unspecified atom stereocenters. The molecule has 4 aromatic rings. The molecule has 0 bridgehead atoms. The van der Waals surface area contributed by atoms with Gasteiger partial charge >= 0.3 is 0 Å². The summed E-state index contributed by atoms with van der Waals surface area (Å²) < 4.78 is 3.80. The molecule has 0 fully saturated rings. The number of hydrogen-bond acceptors (Lipinski definition) is 5. The van der Waals surface area contributed by atoms with E-state index in [0.717, 1.165) is 29.0 Å². The zero-order chi connectivity index (χ0) is 21.0. The van der Waals surface area contributed by atoms with Gasteiger partial charge in [0.15, 0.2) is 11.5 Å². The number of aromatic nitrogens is 5. The third-order valence-electron chi connectivity index (χ3n) is 4.58. The van der Waals surface area contributed by atoms with Gasteiger partial charge in [-0.3, -0.25) is 9.08 Å². The predicted octanol–water partition coefficient (Wildman–Crippen LogP) is 4.10. The number of nitrogens with two attached hydrogens (primary N) is 1. The van der Waals surface area contributed by atoms with E-state index in [2.05, 4.69) is 45.5 Å². The van der Waals surface area contributed by atoms with Crippen molar-refractivity contribution in [2.45, 2.75) is 40.2 Å². The largest absolute Gasteiger partial charge is 0.337 e. The molecule has 152 valence electrons. The van der Waals surface area contributed by atoms with Crippen LogP contribution in [0.4, 0.5) is 11.5 Å². The molecule has 29 heavy (non-hydrogen) atoms. The van der Waals surface area contributed by atoms with Crippen molar-refractivity contribution >= 4 is 17.2 Å². The van der Waals surface area contributed by atoms with Gasteiger partial charge in [-0.25, -0.2) is 9.97 Å². The van der Waals surface area contributed by atoms with Gasteiger partial charge in [-0.05, 0) is 43.5 Å². The van der Waals surface area contributed by atoms with Crippen molar-refractivity contribution in [3.8, 4) is 11.3 Å². The number of anilines is 2. The monoisotopic (exact) mass is 391 g/mol. The fraction of sp³-hybridized carbons (Fsp3) is 0.318. The van der Waals surface area contributed by atoms with Crippen molar-refractivity contribution < 1.29 is 0 Å². The van der Waals surface area contributed by atoms with Gasteiger partial charge in [-0.15, -0.1) is 0 Å². The molecule has 1 aromatic carbocycles. The van der Waals surface area contributed by atoms with Crippen LogP contribution in [0.5, 0.6) is 0 Å². The quantitative estimate of drug-likeness (QED) is 0.535. The lowest BCUT2D eigenvalue weighted by atomic mass is 10.0. The molecule has 3 aromatic heterocycles. The Morgan fingerprint density at radius 3 is 2.66 bits per heavy atom. The van der Waals surface area contributed by atoms with Crippen LogP contribution < -0.4 is 11.1 Å². The second kappa shape index (κ2) is 8.87. The number of nitrogens with one attached hydrogen (secondary N) is 1. The average molecular weight is 392 g/mol. The lowest BCUT2D eigenvalue weighted by Crippen LogP contribution is -2.18. The summed E-state index contributed by atoms with van der Waals surface area (Å²) in [5.41, 5.74) is 12.2. The Balaban J connectivity index is 0.00000117. The van der Waals surface area contributed by atoms with Crippen molar-refractivity contribution in [2.24, 2.45) is 12.8 Å². The number of nitrogens with zero attached hydrogens (tertiary/aromatic N) is 5. The van der Waals surface area contributed by atoms with Crippen LogP contribution in [-0.2, 0) is 13.5 Å². The molecule has 4 rings (SSSR count). The van der Waals surface area contributed by atoms with Gasteiger partial charge in [0.1, 0.15) is 0 Å². The Morgan fingerprint density at radius 2 is 1.97 bits per heavy atom. The van der Waals surface area contributed by atoms with Gasteiger partial charge in [-0.1, -0.05) is 19.9 Å². The number of rotatable bonds is 5. The van der Waals surface area contributed by atoms with E-state index < -0.39 is 0 Å². The van der Waals surface area contributed by atoms with Crippen molar-refractivity contribution in [2.75, 3.05) is 5.32 Å². The van der Waals surface area contributed by atoms with Crippen LogP contribution in [0.15, 0.2) is 49.2 Å². The first-order valence-electron chi connectivity index (χ1n) is 9.94. The average Bonchev–Trinajstić information content (AvgIpc) is 3.32. The predicted molar refractivity (Wildman–Crippen MR) is 118 cm³/mol. The molecule has 0 radical (unpaired) electrons. The maximum atomic E-state index is 5.98. The van der Waals surface area contributed by atoms with E-state index in [-0.39, 0.29) is 6.04 Å². The Bertz CT molecular complexity index is 1090. The summed E-state index contributed by atoms with van der Waals surface area (Å²) in [4.78, 5) is 9.06. The number of benzene rings is 1. The molecule has 1 atom stereocenters. The molecule has 0 aliphatic rings. The molecule has 0 saturated heterocycles. The molecule has 3 heterocycles. The summed E-state index contributed by atoms with van der Waals surface area (Å²) in [6, 6.07) is 6.41. The molecule has 3 N–H and O–H groups in total. The van der Waals surface area contributed by atoms with Crippen LogP contribution in [0.1, 0.15) is 31.9 Å². The molecule has 7 heteroatoms. The van der Waals surface area contributed by atoms with Crippen LogP contribution >= 0.6 is 0 Å². The minimum Gasteiger partial charge on any atom is -0.337 e. The van der Waals surface area contributed by atoms with Gasteiger partial charge < -0.3 is 11.1 Å². The van der Waals surface area contributed by atoms with E-state index in [1.807, 2.05) is 57.0 Å². The van der Waals surface area contributed by atoms with Crippen molar-refractivity contribution in [1.82, 2.24) is 24.1 Å². The molecule has 0 saturated carbocycles. The number of fused-ring (bicyclic) bond motifs is 1. The Morgan fingerprint density at radius 1 is 1.17 bits per heavy atom. The van der Waals surface area contributed by atoms with E-state index in [4.69, 9.17) is 5.73 Å². The minimum absolute atomic E-state index is 0.120. The standard InChI is InChI=1S/C20H23N7.C2H6/c1-13-4-5-17(9-15(13)8-14(2)21)25-19-20-23-11-18(27(20)7-6-22-19)16-10-24-26(3)12-16;1-2/h4-7,9-12,14H,8,21H2,1-3H3,(H,22,25);1-2H3. The lowest BCUT2D eigenvalue weighted by molar-refractivity contribution is 0.735. The smallest absolute Gasteiger partial charge is 0.180 e. The molecule has 0 aliphatic heterocycles. The van der Waals surface area contributed by atoms with Crippen LogP contribution in [0.3, 0.4) is 0 Å². The number of imidazole rings is 1. The maximum Gasteiger partial charge on any atom is 0.180 e. The molecular formula is C22H29N7. The number of aryl methyl sites for hydroxylation is 2. The molecule has 0 aliphatic carbocycles. The Labute approximate surface area is 171 Å². The van der Waals surface area contributed by atoms with Gasteiger partial charge in [0.05, 0.1) is 18.1 Å². The first kappa shape index (κ1) is 20.5. The van der Waals surface area contributed by atoms with Crippen LogP contribution in [0, 0.1) is 6.92 Å². The van der Waals surface area contributed by atoms with Crippen LogP contribution in [-0.4, -0.2) is 30.2 Å². The van der Waals surface area contributed by atoms with Crippen LogP contribution in [0.2, 0.25) is 0 Å². The first-order chi connectivity index (χ1) is 14.0. The van der Waals surface area contributed by atoms with Crippen LogP contribution in [0.25, 0.3) is 16.9 Å². The summed E-state index contributed by atoms with van der Waals surface area (Å²) >= 11 is 0. The highest BCUT2D eigenvalue weighted by Crippen LogP contribution is 2.26. The maximum absolute atomic E-state index is 5.98. The van der Waals surface area contributed by atoms with E-state index in [1.54, 1.807) is 10.9 Å². The topological polar surface area (TPSA) is 86.1 Å². The SMILES string of the molecule is CC.Cc1ccc(Nc2nccn3c(-c4cnn(C)c4)cnc23)cc1CC(C)N. The van der Waals surface area contributed by atoms with Crippen molar-refractivity contribution in [3.05, 3.63) is 60.3 Å². The Kier molecular flexibility index (Phi) is 6.29. The van der Waals surface area contributed by atoms with Gasteiger partial charge in [-0.2, -0.15) is 5.10 Å². The highest BCUT2D eigenvalue weighted by atomic mass is 15.2. The fourth-order valence-electron chi connectivity index (χ4n) is 3.23. The second-order valence-electron chi connectivity index (χ2n) is 6.96. The highest BCUT2D eigenvalue weighted by Gasteiger charge is 2.12. The third kappa shape index (κ3) is 4.46. The molecular weight excluding hydrogens is 362 g/mol. The first-order valence-corrected chi connectivity index (χ1v) is 9.94. The van der Waals surface area contributed by atoms with E-state index in [9.17, 15) is 0 Å². The summed E-state index contributed by atoms with van der Waals surface area (Å²) in [7, 11) is 1.90. The Hall–Kier alpha value is -3.19. The van der Waals surface area contributed by atoms with E-state index >= 15 is 0 Å². The van der Waals surface area contributed by atoms with Gasteiger partial charge in [0.2, 0.25) is 0 Å². The summed E-state index contributed by atoms with van der Waals surface area (Å²) in [6.07, 6.45) is 10.2. The summed E-state index contributed by atoms with van der Waals surface area (Å²) in [5.74, 6) is 0.711. The zero-order valence-corrected chi connectivity index (χ0v) is 17.7. The second-order valence-corrected chi connectivity index (χ2v) is 6.96. The fourth-order valence-corrected chi connectivity index (χ4v) is 3.23. The van der Waals surface area contributed by atoms with E-state index in [1.165, 1.54) is 11.1 Å². The van der Waals surface area contributed by atoms with Gasteiger partial charge in [0, 0.05) is 42.9 Å². The minimum atomic E-state index is 0.120. The molecule has 7 nitrogen and oxygen atoms in total. The van der Waals surface area contributed by atoms with Crippen molar-refractivity contribution in [1.29, 1.82) is 0 Å². The highest BCUT2D eigenvalue weighted by molar-refractivity contribution is 5.74. The third-order valence-corrected chi connectivity index (χ3v) is 4.58. The number of hydrogen-bond donors (Lipinski definition) is 2. The van der Waals surface area contributed by atoms with E-state index in [0.29, 0.717) is 5.82 Å². The lowest BCUT2D eigenvalue weighted by Gasteiger charge is -2.12. The van der Waals surface area contributed by atoms with Gasteiger partial charge in [0.25, 0.3) is 0 Å². The zero-order valence-electron chi connectivity index (χ0n) is 17.7. The summed E-state index contributed by atoms with van der Waals surface area (Å²) in [6.45, 7) is 8.13. The summed E-state index contributed by atoms with van der Waals surface area (Å²) in [5, 5.41) is 7.65. The normalized spacial score (nSPS) is 11.8.